The first kappa shape index (κ1) is 83.9. The van der Waals surface area contributed by atoms with E-state index in [0.29, 0.717) is 25.7 Å². The molecule has 0 radical (unpaired) electrons. The Morgan fingerprint density at radius 2 is 0.681 bits per heavy atom. The molecule has 0 aliphatic carbocycles. The minimum absolute atomic E-state index is 0.178. The monoisotopic (exact) mass is 1570 g/mol. The standard InChI is InChI=1S/C30H37N5O3S.C29H35N5O3S.C28H31N5O3/c1-29(2,3)27(37)35-25(15-18-16-32-22-12-8-6-10-20(18)22)34-26(36)23(33-28(38)30(4,5)31)14-19-17-39-24-13-9-7-11-21(19)24;1-17(2)26(35)33-25(14-18-15-31-22-11-7-5-9-20(18)22)34-27(36)23(32-28(37)29(3,4)30)13-19-16-38-24-12-8-6-10-21(19)24;1-28(2,29)27(36)32-24(14-19-10-7-9-18-8-3-4-11-21(18)19)26(35)33-25(31-17-34)15-20-16-30-23-13-6-5-12-22(20)23/h6-13,16-17,23,25,32H,14-15,31H2,1-5H3,(H,33,38)(H,34,36)(H,35,37);5-12,15-17,23,25,31H,13-14,30H2,1-4H3,(H,32,37)(H,33,35)(H,34,36);3-13,16-17,24-25,30H,14-15,29H2,1-2H3,(H,31,34)(H,32,36)(H,33,35)/t23-,25+;23-,25-;24-,25-/m111/s1. The number of aromatic amines is 3. The topological polar surface area (TPSA) is 387 Å². The van der Waals surface area contributed by atoms with Gasteiger partial charge in [-0.2, -0.15) is 0 Å². The number of nitrogens with one attached hydrogen (secondary N) is 12. The number of thiophene rings is 2. The second-order valence-corrected chi connectivity index (χ2v) is 33.4. The average molecular weight is 1570 g/mol. The van der Waals surface area contributed by atoms with Gasteiger partial charge in [0, 0.05) is 111 Å². The summed E-state index contributed by atoms with van der Waals surface area (Å²) in [7, 11) is 0. The maximum Gasteiger partial charge on any atom is 0.244 e. The molecule has 0 spiro atoms. The van der Waals surface area contributed by atoms with Crippen molar-refractivity contribution in [1.29, 1.82) is 0 Å². The van der Waals surface area contributed by atoms with E-state index < -0.39 is 94.1 Å². The average Bonchev–Trinajstić information content (AvgIpc) is 1.80. The number of para-hydroxylation sites is 3. The smallest absolute Gasteiger partial charge is 0.244 e. The van der Waals surface area contributed by atoms with Gasteiger partial charge < -0.3 is 80.0 Å². The molecule has 24 nitrogen and oxygen atoms in total. The molecule has 6 atom stereocenters. The number of amides is 9. The van der Waals surface area contributed by atoms with Gasteiger partial charge in [-0.3, -0.25) is 43.2 Å². The Bertz CT molecular complexity index is 5370. The van der Waals surface area contributed by atoms with E-state index in [1.165, 1.54) is 0 Å². The predicted molar refractivity (Wildman–Crippen MR) is 451 cm³/mol. The van der Waals surface area contributed by atoms with Crippen molar-refractivity contribution in [2.24, 2.45) is 28.5 Å². The minimum Gasteiger partial charge on any atom is -0.361 e. The number of fused-ring (bicyclic) bond motifs is 6. The van der Waals surface area contributed by atoms with Crippen LogP contribution in [0.1, 0.15) is 110 Å². The lowest BCUT2D eigenvalue weighted by Gasteiger charge is -2.28. The van der Waals surface area contributed by atoms with E-state index in [-0.39, 0.29) is 37.0 Å². The molecule has 12 rings (SSSR count). The molecule has 0 fully saturated rings. The van der Waals surface area contributed by atoms with Crippen molar-refractivity contribution in [3.8, 4) is 0 Å². The van der Waals surface area contributed by atoms with E-state index in [9.17, 15) is 43.2 Å². The summed E-state index contributed by atoms with van der Waals surface area (Å²) in [5.74, 6) is -3.16. The molecule has 0 saturated heterocycles. The number of rotatable bonds is 29. The molecule has 9 amide bonds. The summed E-state index contributed by atoms with van der Waals surface area (Å²) >= 11 is 3.18. The van der Waals surface area contributed by atoms with E-state index >= 15 is 0 Å². The van der Waals surface area contributed by atoms with Crippen LogP contribution in [0.4, 0.5) is 0 Å². The number of H-pyrrole nitrogens is 3. The van der Waals surface area contributed by atoms with Gasteiger partial charge in [0.1, 0.15) is 36.6 Å². The number of aromatic nitrogens is 3. The van der Waals surface area contributed by atoms with Gasteiger partial charge in [0.15, 0.2) is 0 Å². The predicted octanol–water partition coefficient (Wildman–Crippen LogP) is 10.1. The van der Waals surface area contributed by atoms with Crippen LogP contribution >= 0.6 is 22.7 Å². The van der Waals surface area contributed by atoms with Gasteiger partial charge >= 0.3 is 0 Å². The zero-order valence-electron chi connectivity index (χ0n) is 65.6. The lowest BCUT2D eigenvalue weighted by Crippen LogP contribution is -2.60. The number of nitrogens with two attached hydrogens (primary N) is 3. The van der Waals surface area contributed by atoms with Crippen molar-refractivity contribution in [3.05, 3.63) is 227 Å². The zero-order chi connectivity index (χ0) is 81.5. The second-order valence-electron chi connectivity index (χ2n) is 31.6. The van der Waals surface area contributed by atoms with E-state index in [0.717, 1.165) is 97.0 Å². The fourth-order valence-corrected chi connectivity index (χ4v) is 14.7. The number of benzene rings is 7. The quantitative estimate of drug-likeness (QED) is 0.0154. The van der Waals surface area contributed by atoms with Crippen LogP contribution in [0, 0.1) is 11.3 Å². The van der Waals surface area contributed by atoms with Gasteiger partial charge in [-0.1, -0.05) is 168 Å². The maximum absolute atomic E-state index is 13.8. The molecule has 26 heteroatoms. The first-order valence-corrected chi connectivity index (χ1v) is 39.4. The normalized spacial score (nSPS) is 13.4. The van der Waals surface area contributed by atoms with Crippen LogP contribution in [0.25, 0.3) is 63.7 Å². The molecule has 0 aliphatic heterocycles. The molecular weight excluding hydrogens is 1460 g/mol. The van der Waals surface area contributed by atoms with Crippen LogP contribution in [0.2, 0.25) is 0 Å². The Kier molecular flexibility index (Phi) is 27.3. The van der Waals surface area contributed by atoms with Crippen molar-refractivity contribution < 1.29 is 43.2 Å². The molecular formula is C87H103N15O9S2. The summed E-state index contributed by atoms with van der Waals surface area (Å²) in [5, 5.41) is 37.2. The highest BCUT2D eigenvalue weighted by Crippen LogP contribution is 2.30. The van der Waals surface area contributed by atoms with Crippen molar-refractivity contribution in [2.45, 2.75) is 168 Å². The van der Waals surface area contributed by atoms with Gasteiger partial charge in [-0.15, -0.1) is 22.7 Å². The van der Waals surface area contributed by atoms with Crippen LogP contribution in [-0.2, 0) is 81.7 Å². The number of carbonyl (C=O) groups excluding carboxylic acids is 9. The van der Waals surface area contributed by atoms with Crippen LogP contribution in [-0.4, -0.2) is 122 Å². The zero-order valence-corrected chi connectivity index (χ0v) is 67.2. The minimum atomic E-state index is -1.17. The Balaban J connectivity index is 0.000000180. The number of hydrogen-bond donors (Lipinski definition) is 15. The second kappa shape index (κ2) is 36.7. The van der Waals surface area contributed by atoms with Crippen molar-refractivity contribution in [3.63, 3.8) is 0 Å². The van der Waals surface area contributed by atoms with Gasteiger partial charge in [0.05, 0.1) is 16.6 Å². The summed E-state index contributed by atoms with van der Waals surface area (Å²) in [5.41, 5.74) is 22.5. The third-order valence-electron chi connectivity index (χ3n) is 19.2. The van der Waals surface area contributed by atoms with Crippen LogP contribution < -0.4 is 65.1 Å². The molecule has 0 saturated carbocycles. The molecule has 7 aromatic carbocycles. The molecule has 113 heavy (non-hydrogen) atoms. The molecule has 0 unspecified atom stereocenters. The molecule has 18 N–H and O–H groups in total. The van der Waals surface area contributed by atoms with Crippen LogP contribution in [0.15, 0.2) is 193 Å². The first-order valence-electron chi connectivity index (χ1n) is 37.6. The summed E-state index contributed by atoms with van der Waals surface area (Å²) in [4.78, 5) is 126. The van der Waals surface area contributed by atoms with E-state index in [2.05, 4.69) is 62.8 Å². The molecule has 5 heterocycles. The SMILES string of the molecule is CC(C)(C)C(=O)N[C@@H](Cc1c[nH]c2ccccc12)NC(=O)[C@@H](Cc1csc2ccccc12)NC(=O)C(C)(C)N.CC(C)(N)C(=O)N[C@H](Cc1cccc2ccccc12)C(=O)N[C@H](Cc1c[nH]c2ccccc12)NC=O.CC(C)C(=O)N[C@@H](Cc1c[nH]c2ccccc12)NC(=O)[C@@H](Cc1csc2ccccc12)NC(=O)C(C)(C)N. The van der Waals surface area contributed by atoms with E-state index in [1.807, 2.05) is 214 Å². The lowest BCUT2D eigenvalue weighted by atomic mass is 9.95. The highest BCUT2D eigenvalue weighted by Gasteiger charge is 2.35. The number of carbonyl (C=O) groups is 9. The molecule has 0 aliphatic rings. The Labute approximate surface area is 665 Å². The molecule has 12 aromatic rings. The summed E-state index contributed by atoms with van der Waals surface area (Å²) in [6.07, 6.45) is 6.08. The third kappa shape index (κ3) is 22.4. The lowest BCUT2D eigenvalue weighted by molar-refractivity contribution is -0.133. The Hall–Kier alpha value is -11.6. The third-order valence-corrected chi connectivity index (χ3v) is 21.3. The molecule has 5 aromatic heterocycles. The maximum atomic E-state index is 13.8. The fourth-order valence-electron chi connectivity index (χ4n) is 12.8. The van der Waals surface area contributed by atoms with E-state index in [4.69, 9.17) is 17.2 Å². The van der Waals surface area contributed by atoms with Gasteiger partial charge in [-0.25, -0.2) is 0 Å². The summed E-state index contributed by atoms with van der Waals surface area (Å²) < 4.78 is 2.21. The largest absolute Gasteiger partial charge is 0.361 e. The molecule has 592 valence electrons. The van der Waals surface area contributed by atoms with Crippen molar-refractivity contribution >= 4 is 140 Å². The van der Waals surface area contributed by atoms with Crippen LogP contribution in [0.3, 0.4) is 0 Å². The summed E-state index contributed by atoms with van der Waals surface area (Å²) in [6, 6.07) is 50.5. The highest BCUT2D eigenvalue weighted by atomic mass is 32.1. The van der Waals surface area contributed by atoms with Crippen LogP contribution in [0.5, 0.6) is 0 Å². The van der Waals surface area contributed by atoms with Crippen molar-refractivity contribution in [1.82, 2.24) is 62.8 Å². The van der Waals surface area contributed by atoms with Gasteiger partial charge in [0.25, 0.3) is 0 Å². The fraction of sp³-hybridized carbons (Fsp3) is 0.322. The molecule has 0 bridgehead atoms. The Morgan fingerprint density at radius 3 is 1.07 bits per heavy atom. The van der Waals surface area contributed by atoms with Gasteiger partial charge in [0.2, 0.25) is 53.7 Å². The van der Waals surface area contributed by atoms with Crippen molar-refractivity contribution in [2.75, 3.05) is 0 Å². The highest BCUT2D eigenvalue weighted by molar-refractivity contribution is 7.17. The summed E-state index contributed by atoms with van der Waals surface area (Å²) in [6.45, 7) is 18.6. The van der Waals surface area contributed by atoms with E-state index in [1.54, 1.807) is 78.1 Å². The Morgan fingerprint density at radius 1 is 0.354 bits per heavy atom. The first-order chi connectivity index (χ1) is 53.6. The van der Waals surface area contributed by atoms with Gasteiger partial charge in [-0.05, 0) is 138 Å². The number of hydrogen-bond acceptors (Lipinski definition) is 14.